The molecule has 0 aromatic carbocycles. The van der Waals surface area contributed by atoms with Crippen LogP contribution in [0, 0.1) is 10.8 Å². The Morgan fingerprint density at radius 1 is 0.540 bits per heavy atom. The molecule has 296 valence electrons. The Labute approximate surface area is 290 Å². The third-order valence-corrected chi connectivity index (χ3v) is 6.04. The Kier molecular flexibility index (Phi) is 28.1. The summed E-state index contributed by atoms with van der Waals surface area (Å²) < 4.78 is 28.8. The fourth-order valence-corrected chi connectivity index (χ4v) is 2.57. The number of rotatable bonds is 16. The van der Waals surface area contributed by atoms with Gasteiger partial charge in [0.1, 0.15) is 56.3 Å². The molecular formula is C30H56O20. The van der Waals surface area contributed by atoms with Crippen LogP contribution in [-0.4, -0.2) is 166 Å². The zero-order valence-corrected chi connectivity index (χ0v) is 27.6. The molecule has 4 unspecified atom stereocenters. The van der Waals surface area contributed by atoms with Crippen molar-refractivity contribution in [3.05, 3.63) is 0 Å². The average Bonchev–Trinajstić information content (AvgIpc) is 3.04. The van der Waals surface area contributed by atoms with Crippen molar-refractivity contribution in [2.24, 2.45) is 10.8 Å². The minimum absolute atomic E-state index is 0. The van der Waals surface area contributed by atoms with E-state index in [0.717, 1.165) is 27.7 Å². The van der Waals surface area contributed by atoms with Crippen LogP contribution >= 0.6 is 0 Å². The van der Waals surface area contributed by atoms with E-state index in [1.807, 2.05) is 0 Å². The number of esters is 6. The van der Waals surface area contributed by atoms with Crippen LogP contribution in [0.5, 0.6) is 0 Å². The first-order valence-electron chi connectivity index (χ1n) is 14.4. The molecule has 0 spiro atoms. The standard InChI is InChI=1S/C17H28O12.C6H8O4.C5H12O4.2CH4/c1-9(18)13(22)26-5-17(6-27-14(23)10(2)19,7-28-15(24)11(3)20)8-29-16(25)12(4)21;1-3-5(7)10-4(2)6(8)9-3;6-1-5(2-7,3-8)4-9;;/h9-12,18-21H,5-8H2,1-4H3;3-4H,1-2H3;6-9H,1-4H2;2*1H4/t;3-,4-;;;/m.1.../s1. The molecule has 50 heavy (non-hydrogen) atoms. The number of cyclic esters (lactones) is 2. The van der Waals surface area contributed by atoms with Crippen molar-refractivity contribution in [2.45, 2.75) is 93.0 Å². The molecule has 6 atom stereocenters. The molecule has 0 aliphatic carbocycles. The van der Waals surface area contributed by atoms with Gasteiger partial charge in [-0.3, -0.25) is 0 Å². The summed E-state index contributed by atoms with van der Waals surface area (Å²) >= 11 is 0. The van der Waals surface area contributed by atoms with Crippen LogP contribution in [0.1, 0.15) is 56.4 Å². The molecule has 20 heteroatoms. The smallest absolute Gasteiger partial charge is 0.347 e. The Morgan fingerprint density at radius 3 is 0.880 bits per heavy atom. The lowest BCUT2D eigenvalue weighted by Crippen LogP contribution is -2.46. The van der Waals surface area contributed by atoms with E-state index in [4.69, 9.17) is 39.4 Å². The highest BCUT2D eigenvalue weighted by Gasteiger charge is 2.39. The van der Waals surface area contributed by atoms with Crippen LogP contribution in [0.3, 0.4) is 0 Å². The number of carbonyl (C=O) groups is 6. The van der Waals surface area contributed by atoms with Crippen molar-refractivity contribution in [2.75, 3.05) is 52.9 Å². The molecule has 0 aromatic heterocycles. The van der Waals surface area contributed by atoms with E-state index in [2.05, 4.69) is 9.47 Å². The maximum absolute atomic E-state index is 11.6. The van der Waals surface area contributed by atoms with E-state index in [0.29, 0.717) is 0 Å². The van der Waals surface area contributed by atoms with Gasteiger partial charge in [0.25, 0.3) is 0 Å². The van der Waals surface area contributed by atoms with Crippen LogP contribution in [0.15, 0.2) is 0 Å². The topological polar surface area (TPSA) is 320 Å². The molecule has 1 aliphatic heterocycles. The number of aliphatic hydroxyl groups is 8. The summed E-state index contributed by atoms with van der Waals surface area (Å²) in [7, 11) is 0. The normalized spacial score (nSPS) is 18.7. The highest BCUT2D eigenvalue weighted by molar-refractivity contribution is 5.86. The zero-order chi connectivity index (χ0) is 37.8. The molecule has 1 rings (SSSR count). The highest BCUT2D eigenvalue weighted by Crippen LogP contribution is 2.22. The van der Waals surface area contributed by atoms with Crippen LogP contribution in [0.4, 0.5) is 0 Å². The lowest BCUT2D eigenvalue weighted by Gasteiger charge is -2.32. The summed E-state index contributed by atoms with van der Waals surface area (Å²) in [6.07, 6.45) is -7.46. The van der Waals surface area contributed by atoms with Crippen LogP contribution in [-0.2, 0) is 57.2 Å². The molecule has 1 fully saturated rings. The van der Waals surface area contributed by atoms with Gasteiger partial charge in [0, 0.05) is 0 Å². The maximum atomic E-state index is 11.6. The van der Waals surface area contributed by atoms with E-state index in [1.165, 1.54) is 13.8 Å². The van der Waals surface area contributed by atoms with Gasteiger partial charge >= 0.3 is 35.8 Å². The SMILES string of the molecule is C.C.CC(O)C(=O)OCC(COC(=O)C(C)O)(COC(=O)C(C)O)COC(=O)C(C)O.C[C@H]1OC(=O)[C@@H](C)OC1=O.OCC(CO)(CO)CO. The van der Waals surface area contributed by atoms with Crippen molar-refractivity contribution in [1.82, 2.24) is 0 Å². The second-order valence-electron chi connectivity index (χ2n) is 10.9. The molecule has 20 nitrogen and oxygen atoms in total. The summed E-state index contributed by atoms with van der Waals surface area (Å²) in [5.74, 6) is -5.18. The quantitative estimate of drug-likeness (QED) is 0.0569. The first-order valence-corrected chi connectivity index (χ1v) is 14.4. The maximum Gasteiger partial charge on any atom is 0.347 e. The fraction of sp³-hybridized carbons (Fsp3) is 0.800. The third kappa shape index (κ3) is 20.2. The van der Waals surface area contributed by atoms with Gasteiger partial charge in [-0.1, -0.05) is 14.9 Å². The molecular weight excluding hydrogens is 680 g/mol. The molecule has 1 saturated heterocycles. The Bertz CT molecular complexity index is 881. The number of ether oxygens (including phenoxy) is 6. The predicted molar refractivity (Wildman–Crippen MR) is 168 cm³/mol. The minimum Gasteiger partial charge on any atom is -0.463 e. The number of aliphatic hydroxyl groups excluding tert-OH is 8. The molecule has 8 N–H and O–H groups in total. The van der Waals surface area contributed by atoms with Gasteiger partial charge in [0.2, 0.25) is 0 Å². The molecule has 0 saturated carbocycles. The van der Waals surface area contributed by atoms with Gasteiger partial charge in [-0.2, -0.15) is 0 Å². The molecule has 0 bridgehead atoms. The van der Waals surface area contributed by atoms with Crippen molar-refractivity contribution in [3.63, 3.8) is 0 Å². The first kappa shape index (κ1) is 53.3. The summed E-state index contributed by atoms with van der Waals surface area (Å²) in [4.78, 5) is 67.8. The zero-order valence-electron chi connectivity index (χ0n) is 27.6. The molecule has 1 aliphatic rings. The van der Waals surface area contributed by atoms with Gasteiger partial charge in [-0.05, 0) is 41.5 Å². The minimum atomic E-state index is -1.65. The fourth-order valence-electron chi connectivity index (χ4n) is 2.57. The van der Waals surface area contributed by atoms with Crippen molar-refractivity contribution in [1.29, 1.82) is 0 Å². The average molecular weight is 737 g/mol. The first-order chi connectivity index (χ1) is 22.2. The Balaban J connectivity index is -0.000000409. The van der Waals surface area contributed by atoms with Crippen molar-refractivity contribution >= 4 is 35.8 Å². The van der Waals surface area contributed by atoms with E-state index in [-0.39, 0.29) is 14.9 Å². The number of hydrogen-bond acceptors (Lipinski definition) is 20. The Morgan fingerprint density at radius 2 is 0.740 bits per heavy atom. The van der Waals surface area contributed by atoms with Gasteiger partial charge < -0.3 is 69.3 Å². The van der Waals surface area contributed by atoms with Crippen molar-refractivity contribution in [3.8, 4) is 0 Å². The van der Waals surface area contributed by atoms with Crippen molar-refractivity contribution < 1.29 is 98.0 Å². The summed E-state index contributed by atoms with van der Waals surface area (Å²) in [5, 5.41) is 71.0. The molecule has 0 aromatic rings. The summed E-state index contributed by atoms with van der Waals surface area (Å²) in [5.41, 5.74) is -2.76. The Hall–Kier alpha value is -3.50. The third-order valence-electron chi connectivity index (χ3n) is 6.04. The summed E-state index contributed by atoms with van der Waals surface area (Å²) in [6, 6.07) is 0. The van der Waals surface area contributed by atoms with Gasteiger partial charge in [-0.15, -0.1) is 0 Å². The van der Waals surface area contributed by atoms with E-state index < -0.39 is 136 Å². The second kappa shape index (κ2) is 26.3. The number of carbonyl (C=O) groups excluding carboxylic acids is 6. The lowest BCUT2D eigenvalue weighted by atomic mass is 9.92. The lowest BCUT2D eigenvalue weighted by molar-refractivity contribution is -0.191. The monoisotopic (exact) mass is 736 g/mol. The van der Waals surface area contributed by atoms with Gasteiger partial charge in [-0.25, -0.2) is 28.8 Å². The van der Waals surface area contributed by atoms with E-state index in [1.54, 1.807) is 0 Å². The van der Waals surface area contributed by atoms with E-state index >= 15 is 0 Å². The van der Waals surface area contributed by atoms with Gasteiger partial charge in [0.05, 0.1) is 31.8 Å². The van der Waals surface area contributed by atoms with Crippen LogP contribution < -0.4 is 0 Å². The largest absolute Gasteiger partial charge is 0.463 e. The van der Waals surface area contributed by atoms with Crippen LogP contribution in [0.25, 0.3) is 0 Å². The molecule has 0 radical (unpaired) electrons. The van der Waals surface area contributed by atoms with Crippen LogP contribution in [0.2, 0.25) is 0 Å². The van der Waals surface area contributed by atoms with E-state index in [9.17, 15) is 49.2 Å². The number of hydrogen-bond donors (Lipinski definition) is 8. The van der Waals surface area contributed by atoms with Gasteiger partial charge in [0.15, 0.2) is 12.2 Å². The summed E-state index contributed by atoms with van der Waals surface area (Å²) in [6.45, 7) is 3.34. The second-order valence-corrected chi connectivity index (χ2v) is 10.9. The molecule has 1 heterocycles. The molecule has 0 amide bonds. The predicted octanol–water partition coefficient (Wildman–Crippen LogP) is -3.25. The highest BCUT2D eigenvalue weighted by atomic mass is 16.6.